The molecular formula is C4H12N2O2. The number of hydrogen-bond donors (Lipinski definition) is 4. The third-order valence-corrected chi connectivity index (χ3v) is 1.04. The quantitative estimate of drug-likeness (QED) is 0.335. The minimum Gasteiger partial charge on any atom is -0.394 e. The first-order valence-corrected chi connectivity index (χ1v) is 2.39. The molecule has 0 saturated heterocycles. The first-order valence-electron chi connectivity index (χ1n) is 2.39. The van der Waals surface area contributed by atoms with Gasteiger partial charge in [-0.05, 0) is 0 Å². The van der Waals surface area contributed by atoms with Gasteiger partial charge in [0.25, 0.3) is 0 Å². The number of nitrogens with two attached hydrogens (primary N) is 2. The van der Waals surface area contributed by atoms with Crippen molar-refractivity contribution in [3.8, 4) is 0 Å². The van der Waals surface area contributed by atoms with E-state index in [9.17, 15) is 0 Å². The maximum Gasteiger partial charge on any atom is 0.0746 e. The highest BCUT2D eigenvalue weighted by molar-refractivity contribution is 4.82. The molecule has 0 fully saturated rings. The maximum atomic E-state index is 8.42. The summed E-state index contributed by atoms with van der Waals surface area (Å²) < 4.78 is 0. The largest absolute Gasteiger partial charge is 0.394 e. The monoisotopic (exact) mass is 120 g/mol. The molecule has 0 aliphatic heterocycles. The van der Waals surface area contributed by atoms with Crippen molar-refractivity contribution in [3.63, 3.8) is 0 Å². The lowest BCUT2D eigenvalue weighted by molar-refractivity contribution is 0.127. The topological polar surface area (TPSA) is 92.5 Å². The summed E-state index contributed by atoms with van der Waals surface area (Å²) in [7, 11) is 0. The van der Waals surface area contributed by atoms with Crippen LogP contribution in [0.4, 0.5) is 0 Å². The molecule has 0 spiro atoms. The summed E-state index contributed by atoms with van der Waals surface area (Å²) in [5, 5.41) is 16.8. The van der Waals surface area contributed by atoms with Crippen molar-refractivity contribution in [2.45, 2.75) is 5.54 Å². The molecule has 0 bridgehead atoms. The van der Waals surface area contributed by atoms with Gasteiger partial charge in [-0.25, -0.2) is 0 Å². The van der Waals surface area contributed by atoms with Gasteiger partial charge in [0.1, 0.15) is 0 Å². The van der Waals surface area contributed by atoms with E-state index >= 15 is 0 Å². The SMILES string of the molecule is NCC(N)(CO)CO. The molecule has 0 aromatic rings. The Bertz CT molecular complexity index is 54.8. The Morgan fingerprint density at radius 1 is 1.25 bits per heavy atom. The summed E-state index contributed by atoms with van der Waals surface area (Å²) in [6.07, 6.45) is 0. The van der Waals surface area contributed by atoms with E-state index in [1.807, 2.05) is 0 Å². The van der Waals surface area contributed by atoms with Crippen LogP contribution in [0.5, 0.6) is 0 Å². The first-order chi connectivity index (χ1) is 3.68. The fraction of sp³-hybridized carbons (Fsp3) is 1.00. The van der Waals surface area contributed by atoms with E-state index in [0.29, 0.717) is 0 Å². The maximum absolute atomic E-state index is 8.42. The van der Waals surface area contributed by atoms with Crippen molar-refractivity contribution in [1.29, 1.82) is 0 Å². The Hall–Kier alpha value is -0.160. The lowest BCUT2D eigenvalue weighted by Gasteiger charge is -2.21. The molecule has 4 heteroatoms. The average molecular weight is 120 g/mol. The Morgan fingerprint density at radius 2 is 1.62 bits per heavy atom. The van der Waals surface area contributed by atoms with Crippen LogP contribution in [0, 0.1) is 0 Å². The molecule has 50 valence electrons. The summed E-state index contributed by atoms with van der Waals surface area (Å²) in [6, 6.07) is 0. The van der Waals surface area contributed by atoms with Crippen molar-refractivity contribution in [2.24, 2.45) is 11.5 Å². The molecule has 0 atom stereocenters. The number of rotatable bonds is 3. The number of aliphatic hydroxyl groups excluding tert-OH is 2. The smallest absolute Gasteiger partial charge is 0.0746 e. The van der Waals surface area contributed by atoms with Crippen LogP contribution >= 0.6 is 0 Å². The molecule has 8 heavy (non-hydrogen) atoms. The second-order valence-electron chi connectivity index (χ2n) is 1.88. The van der Waals surface area contributed by atoms with Crippen LogP contribution in [-0.4, -0.2) is 35.5 Å². The third kappa shape index (κ3) is 1.75. The van der Waals surface area contributed by atoms with E-state index in [1.165, 1.54) is 0 Å². The van der Waals surface area contributed by atoms with Gasteiger partial charge in [0.05, 0.1) is 18.8 Å². The van der Waals surface area contributed by atoms with Crippen LogP contribution in [-0.2, 0) is 0 Å². The molecule has 0 aromatic carbocycles. The highest BCUT2D eigenvalue weighted by Crippen LogP contribution is 1.91. The van der Waals surface area contributed by atoms with E-state index in [2.05, 4.69) is 0 Å². The summed E-state index contributed by atoms with van der Waals surface area (Å²) in [5.41, 5.74) is 9.37. The van der Waals surface area contributed by atoms with Crippen LogP contribution in [0.15, 0.2) is 0 Å². The third-order valence-electron chi connectivity index (χ3n) is 1.04. The van der Waals surface area contributed by atoms with E-state index in [0.717, 1.165) is 0 Å². The summed E-state index contributed by atoms with van der Waals surface area (Å²) >= 11 is 0. The zero-order valence-corrected chi connectivity index (χ0v) is 4.67. The minimum absolute atomic E-state index is 0.0972. The molecule has 0 rings (SSSR count). The van der Waals surface area contributed by atoms with Gasteiger partial charge in [-0.2, -0.15) is 0 Å². The van der Waals surface area contributed by atoms with Gasteiger partial charge < -0.3 is 21.7 Å². The Labute approximate surface area is 48.1 Å². The molecule has 6 N–H and O–H groups in total. The predicted molar refractivity (Wildman–Crippen MR) is 30.1 cm³/mol. The number of aliphatic hydroxyl groups is 2. The van der Waals surface area contributed by atoms with Gasteiger partial charge in [0.15, 0.2) is 0 Å². The standard InChI is InChI=1S/C4H12N2O2/c5-1-4(6,2-7)3-8/h7-8H,1-3,5-6H2. The molecule has 0 radical (unpaired) electrons. The van der Waals surface area contributed by atoms with Crippen molar-refractivity contribution < 1.29 is 10.2 Å². The second kappa shape index (κ2) is 2.99. The molecule has 0 unspecified atom stereocenters. The summed E-state index contributed by atoms with van der Waals surface area (Å²) in [5.74, 6) is 0. The Balaban J connectivity index is 3.58. The van der Waals surface area contributed by atoms with E-state index in [1.54, 1.807) is 0 Å². The van der Waals surface area contributed by atoms with Gasteiger partial charge in [0, 0.05) is 6.54 Å². The summed E-state index contributed by atoms with van der Waals surface area (Å²) in [6.45, 7) is -0.458. The van der Waals surface area contributed by atoms with Crippen molar-refractivity contribution >= 4 is 0 Å². The van der Waals surface area contributed by atoms with Gasteiger partial charge in [-0.15, -0.1) is 0 Å². The Kier molecular flexibility index (Phi) is 2.93. The van der Waals surface area contributed by atoms with Crippen molar-refractivity contribution in [1.82, 2.24) is 0 Å². The molecule has 0 aromatic heterocycles. The van der Waals surface area contributed by atoms with Crippen molar-refractivity contribution in [3.05, 3.63) is 0 Å². The fourth-order valence-electron chi connectivity index (χ4n) is 0.179. The lowest BCUT2D eigenvalue weighted by Crippen LogP contribution is -2.53. The highest BCUT2D eigenvalue weighted by atomic mass is 16.3. The lowest BCUT2D eigenvalue weighted by atomic mass is 10.1. The zero-order valence-electron chi connectivity index (χ0n) is 4.67. The molecule has 4 nitrogen and oxygen atoms in total. The average Bonchev–Trinajstić information content (AvgIpc) is 1.87. The van der Waals surface area contributed by atoms with E-state index in [4.69, 9.17) is 21.7 Å². The molecule has 0 aliphatic rings. The first kappa shape index (κ1) is 7.84. The van der Waals surface area contributed by atoms with Gasteiger partial charge in [-0.1, -0.05) is 0 Å². The van der Waals surface area contributed by atoms with Crippen LogP contribution in [0.1, 0.15) is 0 Å². The second-order valence-corrected chi connectivity index (χ2v) is 1.88. The zero-order chi connectivity index (χ0) is 6.62. The predicted octanol–water partition coefficient (Wildman–Crippen LogP) is -2.37. The van der Waals surface area contributed by atoms with Crippen LogP contribution < -0.4 is 11.5 Å². The van der Waals surface area contributed by atoms with Gasteiger partial charge >= 0.3 is 0 Å². The molecular weight excluding hydrogens is 108 g/mol. The van der Waals surface area contributed by atoms with Crippen molar-refractivity contribution in [2.75, 3.05) is 19.8 Å². The van der Waals surface area contributed by atoms with Gasteiger partial charge in [-0.3, -0.25) is 0 Å². The normalized spacial score (nSPS) is 12.0. The van der Waals surface area contributed by atoms with Crippen LogP contribution in [0.3, 0.4) is 0 Å². The minimum atomic E-state index is -0.986. The molecule has 0 heterocycles. The van der Waals surface area contributed by atoms with E-state index in [-0.39, 0.29) is 19.8 Å². The van der Waals surface area contributed by atoms with Gasteiger partial charge in [0.2, 0.25) is 0 Å². The number of hydrogen-bond acceptors (Lipinski definition) is 4. The van der Waals surface area contributed by atoms with Crippen LogP contribution in [0.25, 0.3) is 0 Å². The van der Waals surface area contributed by atoms with E-state index < -0.39 is 5.54 Å². The molecule has 0 aliphatic carbocycles. The fourth-order valence-corrected chi connectivity index (χ4v) is 0.179. The Morgan fingerprint density at radius 3 is 1.62 bits per heavy atom. The molecule has 0 amide bonds. The molecule has 0 saturated carbocycles. The summed E-state index contributed by atoms with van der Waals surface area (Å²) in [4.78, 5) is 0. The van der Waals surface area contributed by atoms with Crippen LogP contribution in [0.2, 0.25) is 0 Å². The highest BCUT2D eigenvalue weighted by Gasteiger charge is 2.19.